The molecule has 0 amide bonds. The number of ether oxygens (including phenoxy) is 1. The summed E-state index contributed by atoms with van der Waals surface area (Å²) in [5.74, 6) is -0.374. The summed E-state index contributed by atoms with van der Waals surface area (Å²) < 4.78 is 18.9. The molecule has 0 aliphatic carbocycles. The van der Waals surface area contributed by atoms with Crippen LogP contribution in [0.3, 0.4) is 0 Å². The van der Waals surface area contributed by atoms with Gasteiger partial charge in [0.05, 0.1) is 16.6 Å². The Morgan fingerprint density at radius 1 is 1.29 bits per heavy atom. The Morgan fingerprint density at radius 2 is 2.05 bits per heavy atom. The first-order valence-corrected chi connectivity index (χ1v) is 5.88. The van der Waals surface area contributed by atoms with Crippen LogP contribution in [0.5, 0.6) is 11.5 Å². The maximum Gasteiger partial charge on any atom is 0.275 e. The Balaban J connectivity index is 2.35. The first-order chi connectivity index (χ1) is 10.0. The lowest BCUT2D eigenvalue weighted by atomic mass is 10.2. The highest BCUT2D eigenvalue weighted by Gasteiger charge is 2.11. The smallest absolute Gasteiger partial charge is 0.275 e. The number of nitrogens with zero attached hydrogens (tertiary/aromatic N) is 2. The van der Waals surface area contributed by atoms with Crippen molar-refractivity contribution in [2.24, 2.45) is 0 Å². The van der Waals surface area contributed by atoms with Gasteiger partial charge >= 0.3 is 0 Å². The summed E-state index contributed by atoms with van der Waals surface area (Å²) in [5, 5.41) is 22.3. The fourth-order valence-corrected chi connectivity index (χ4v) is 1.68. The van der Waals surface area contributed by atoms with Crippen LogP contribution in [-0.2, 0) is 0 Å². The van der Waals surface area contributed by atoms with Gasteiger partial charge < -0.3 is 10.1 Å². The monoisotopic (exact) mass is 287 g/mol. The predicted molar refractivity (Wildman–Crippen MR) is 73.8 cm³/mol. The van der Waals surface area contributed by atoms with Crippen molar-refractivity contribution in [3.05, 3.63) is 57.9 Å². The van der Waals surface area contributed by atoms with Crippen molar-refractivity contribution in [1.29, 1.82) is 5.26 Å². The lowest BCUT2D eigenvalue weighted by Gasteiger charge is -2.08. The molecule has 0 unspecified atom stereocenters. The molecule has 0 bridgehead atoms. The summed E-state index contributed by atoms with van der Waals surface area (Å²) in [7, 11) is 1.62. The number of hydrogen-bond donors (Lipinski definition) is 1. The molecule has 0 radical (unpaired) electrons. The molecule has 0 saturated carbocycles. The van der Waals surface area contributed by atoms with E-state index in [0.717, 1.165) is 6.07 Å². The molecule has 2 aromatic carbocycles. The third-order valence-corrected chi connectivity index (χ3v) is 2.69. The first-order valence-electron chi connectivity index (χ1n) is 5.88. The summed E-state index contributed by atoms with van der Waals surface area (Å²) in [6.07, 6.45) is 0. The molecule has 0 saturated heterocycles. The molecule has 7 heteroatoms. The molecule has 21 heavy (non-hydrogen) atoms. The van der Waals surface area contributed by atoms with E-state index in [-0.39, 0.29) is 22.7 Å². The van der Waals surface area contributed by atoms with Crippen molar-refractivity contribution in [2.45, 2.75) is 0 Å². The molecule has 6 nitrogen and oxygen atoms in total. The lowest BCUT2D eigenvalue weighted by Crippen LogP contribution is -1.95. The van der Waals surface area contributed by atoms with Gasteiger partial charge in [-0.15, -0.1) is 0 Å². The summed E-state index contributed by atoms with van der Waals surface area (Å²) in [6.45, 7) is 0. The van der Waals surface area contributed by atoms with Gasteiger partial charge in [0.15, 0.2) is 0 Å². The van der Waals surface area contributed by atoms with E-state index in [0.29, 0.717) is 5.69 Å². The maximum atomic E-state index is 13.5. The number of nitro groups is 1. The zero-order chi connectivity index (χ0) is 15.4. The van der Waals surface area contributed by atoms with E-state index in [2.05, 4.69) is 5.32 Å². The van der Waals surface area contributed by atoms with Crippen molar-refractivity contribution < 1.29 is 14.1 Å². The minimum Gasteiger partial charge on any atom is -0.457 e. The minimum absolute atomic E-state index is 0.0997. The van der Waals surface area contributed by atoms with E-state index in [1.807, 2.05) is 0 Å². The molecule has 0 aromatic heterocycles. The molecule has 0 fully saturated rings. The second-order valence-corrected chi connectivity index (χ2v) is 4.08. The number of rotatable bonds is 4. The third-order valence-electron chi connectivity index (χ3n) is 2.69. The van der Waals surface area contributed by atoms with Gasteiger partial charge in [-0.3, -0.25) is 10.1 Å². The third kappa shape index (κ3) is 3.25. The van der Waals surface area contributed by atoms with E-state index in [9.17, 15) is 14.5 Å². The van der Waals surface area contributed by atoms with Crippen molar-refractivity contribution in [2.75, 3.05) is 12.4 Å². The number of nitro benzene ring substituents is 1. The largest absolute Gasteiger partial charge is 0.457 e. The van der Waals surface area contributed by atoms with Crippen molar-refractivity contribution >= 4 is 11.4 Å². The van der Waals surface area contributed by atoms with Crippen LogP contribution < -0.4 is 10.1 Å². The number of nitriles is 1. The molecule has 0 heterocycles. The van der Waals surface area contributed by atoms with Gasteiger partial charge in [0, 0.05) is 30.9 Å². The Bertz CT molecular complexity index is 741. The second kappa shape index (κ2) is 5.88. The quantitative estimate of drug-likeness (QED) is 0.687. The van der Waals surface area contributed by atoms with Crippen LogP contribution in [0.15, 0.2) is 36.4 Å². The Hall–Kier alpha value is -3.14. The molecule has 2 aromatic rings. The van der Waals surface area contributed by atoms with Crippen molar-refractivity contribution in [3.63, 3.8) is 0 Å². The number of benzene rings is 2. The highest BCUT2D eigenvalue weighted by Crippen LogP contribution is 2.30. The molecule has 0 aliphatic rings. The standard InChI is InChI=1S/C14H10FN3O3/c1-17-10-4-11(18(19)20)6-13(5-10)21-12-3-2-9(8-16)14(15)7-12/h2-7,17H,1H3. The maximum absolute atomic E-state index is 13.5. The van der Waals surface area contributed by atoms with Crippen LogP contribution in [0, 0.1) is 27.3 Å². The normalized spacial score (nSPS) is 9.76. The van der Waals surface area contributed by atoms with Crippen molar-refractivity contribution in [3.8, 4) is 17.6 Å². The van der Waals surface area contributed by atoms with Gasteiger partial charge in [0.2, 0.25) is 0 Å². The number of non-ortho nitro benzene ring substituents is 1. The molecular formula is C14H10FN3O3. The van der Waals surface area contributed by atoms with Gasteiger partial charge in [-0.05, 0) is 12.1 Å². The number of anilines is 1. The van der Waals surface area contributed by atoms with E-state index in [1.165, 1.54) is 24.3 Å². The average molecular weight is 287 g/mol. The van der Waals surface area contributed by atoms with Crippen molar-refractivity contribution in [1.82, 2.24) is 0 Å². The summed E-state index contributed by atoms with van der Waals surface area (Å²) in [6, 6.07) is 9.58. The minimum atomic E-state index is -0.714. The molecule has 0 atom stereocenters. The fourth-order valence-electron chi connectivity index (χ4n) is 1.68. The molecule has 0 aliphatic heterocycles. The molecule has 2 rings (SSSR count). The second-order valence-electron chi connectivity index (χ2n) is 4.08. The highest BCUT2D eigenvalue weighted by molar-refractivity contribution is 5.56. The summed E-state index contributed by atoms with van der Waals surface area (Å²) in [5.41, 5.74) is 0.247. The average Bonchev–Trinajstić information content (AvgIpc) is 2.47. The number of nitrogens with one attached hydrogen (secondary N) is 1. The van der Waals surface area contributed by atoms with Gasteiger partial charge in [0.25, 0.3) is 5.69 Å². The van der Waals surface area contributed by atoms with Gasteiger partial charge in [0.1, 0.15) is 23.4 Å². The van der Waals surface area contributed by atoms with Crippen LogP contribution in [-0.4, -0.2) is 12.0 Å². The lowest BCUT2D eigenvalue weighted by molar-refractivity contribution is -0.384. The Morgan fingerprint density at radius 3 is 2.62 bits per heavy atom. The van der Waals surface area contributed by atoms with Crippen LogP contribution in [0.4, 0.5) is 15.8 Å². The molecule has 106 valence electrons. The fraction of sp³-hybridized carbons (Fsp3) is 0.0714. The van der Waals surface area contributed by atoms with Crippen LogP contribution in [0.1, 0.15) is 5.56 Å². The summed E-state index contributed by atoms with van der Waals surface area (Å²) in [4.78, 5) is 10.3. The van der Waals surface area contributed by atoms with Gasteiger partial charge in [-0.25, -0.2) is 4.39 Å². The van der Waals surface area contributed by atoms with E-state index < -0.39 is 10.7 Å². The molecular weight excluding hydrogens is 277 g/mol. The summed E-state index contributed by atoms with van der Waals surface area (Å²) >= 11 is 0. The van der Waals surface area contributed by atoms with E-state index in [1.54, 1.807) is 19.2 Å². The molecule has 1 N–H and O–H groups in total. The number of halogens is 1. The van der Waals surface area contributed by atoms with Crippen LogP contribution in [0.25, 0.3) is 0 Å². The zero-order valence-corrected chi connectivity index (χ0v) is 11.0. The molecule has 0 spiro atoms. The first kappa shape index (κ1) is 14.3. The SMILES string of the molecule is CNc1cc(Oc2ccc(C#N)c(F)c2)cc([N+](=O)[O-])c1. The highest BCUT2D eigenvalue weighted by atomic mass is 19.1. The van der Waals surface area contributed by atoms with Gasteiger partial charge in [-0.1, -0.05) is 0 Å². The Kier molecular flexibility index (Phi) is 4.00. The van der Waals surface area contributed by atoms with Crippen LogP contribution in [0.2, 0.25) is 0 Å². The predicted octanol–water partition coefficient (Wildman–Crippen LogP) is 3.44. The van der Waals surface area contributed by atoms with E-state index in [4.69, 9.17) is 10.00 Å². The van der Waals surface area contributed by atoms with E-state index >= 15 is 0 Å². The van der Waals surface area contributed by atoms with Gasteiger partial charge in [-0.2, -0.15) is 5.26 Å². The zero-order valence-electron chi connectivity index (χ0n) is 11.0. The topological polar surface area (TPSA) is 88.2 Å². The number of hydrogen-bond acceptors (Lipinski definition) is 5. The van der Waals surface area contributed by atoms with Crippen LogP contribution >= 0.6 is 0 Å². The Labute approximate surface area is 119 Å².